The molecule has 136 valence electrons. The lowest BCUT2D eigenvalue weighted by molar-refractivity contribution is -0.123. The number of ether oxygens (including phenoxy) is 1. The molecule has 0 bridgehead atoms. The Labute approximate surface area is 153 Å². The number of hydrogen-bond donors (Lipinski definition) is 3. The van der Waals surface area contributed by atoms with Crippen molar-refractivity contribution in [3.63, 3.8) is 0 Å². The summed E-state index contributed by atoms with van der Waals surface area (Å²) in [6, 6.07) is 5.27. The summed E-state index contributed by atoms with van der Waals surface area (Å²) in [5.74, 6) is -1.15. The predicted molar refractivity (Wildman–Crippen MR) is 97.2 cm³/mol. The van der Waals surface area contributed by atoms with Crippen molar-refractivity contribution >= 4 is 39.9 Å². The average molecular weight is 374 g/mol. The van der Waals surface area contributed by atoms with Gasteiger partial charge in [-0.3, -0.25) is 9.59 Å². The van der Waals surface area contributed by atoms with Crippen molar-refractivity contribution in [1.29, 1.82) is 0 Å². The molecule has 1 atom stereocenters. The maximum Gasteiger partial charge on any atom is 0.340 e. The Kier molecular flexibility index (Phi) is 5.17. The van der Waals surface area contributed by atoms with E-state index < -0.39 is 23.9 Å². The quantitative estimate of drug-likeness (QED) is 0.637. The van der Waals surface area contributed by atoms with Gasteiger partial charge >= 0.3 is 5.97 Å². The number of nitrogens with two attached hydrogens (primary N) is 1. The van der Waals surface area contributed by atoms with Crippen LogP contribution >= 0.6 is 11.3 Å². The number of anilines is 2. The number of aromatic nitrogens is 1. The van der Waals surface area contributed by atoms with E-state index in [1.54, 1.807) is 17.5 Å². The summed E-state index contributed by atoms with van der Waals surface area (Å²) in [6.07, 6.45) is 2.61. The Morgan fingerprint density at radius 3 is 2.69 bits per heavy atom. The van der Waals surface area contributed by atoms with Crippen molar-refractivity contribution in [1.82, 2.24) is 4.98 Å². The van der Waals surface area contributed by atoms with E-state index in [9.17, 15) is 14.4 Å². The van der Waals surface area contributed by atoms with Crippen molar-refractivity contribution in [2.24, 2.45) is 5.73 Å². The molecule has 1 saturated carbocycles. The van der Waals surface area contributed by atoms with Crippen LogP contribution in [0, 0.1) is 0 Å². The summed E-state index contributed by atoms with van der Waals surface area (Å²) in [7, 11) is 0. The Morgan fingerprint density at radius 1 is 1.31 bits per heavy atom. The summed E-state index contributed by atoms with van der Waals surface area (Å²) in [5, 5.41) is 7.71. The molecule has 9 heteroatoms. The lowest BCUT2D eigenvalue weighted by Crippen LogP contribution is -2.30. The molecule has 1 fully saturated rings. The highest BCUT2D eigenvalue weighted by atomic mass is 32.1. The molecule has 0 saturated heterocycles. The van der Waals surface area contributed by atoms with Crippen LogP contribution in [0.5, 0.6) is 0 Å². The minimum absolute atomic E-state index is 0.213. The lowest BCUT2D eigenvalue weighted by atomic mass is 10.2. The van der Waals surface area contributed by atoms with E-state index in [-0.39, 0.29) is 11.1 Å². The van der Waals surface area contributed by atoms with Crippen LogP contribution in [-0.2, 0) is 9.53 Å². The fourth-order valence-corrected chi connectivity index (χ4v) is 2.93. The zero-order chi connectivity index (χ0) is 18.7. The fourth-order valence-electron chi connectivity index (χ4n) is 2.13. The molecule has 2 aromatic rings. The minimum atomic E-state index is -1.05. The lowest BCUT2D eigenvalue weighted by Gasteiger charge is -2.13. The first-order valence-corrected chi connectivity index (χ1v) is 8.93. The molecule has 2 amide bonds. The first kappa shape index (κ1) is 17.9. The highest BCUT2D eigenvalue weighted by Gasteiger charge is 2.23. The maximum absolute atomic E-state index is 12.2. The second kappa shape index (κ2) is 7.52. The molecule has 0 spiro atoms. The molecular formula is C17H18N4O4S. The summed E-state index contributed by atoms with van der Waals surface area (Å²) >= 11 is 1.16. The molecule has 2 aromatic heterocycles. The van der Waals surface area contributed by atoms with Crippen molar-refractivity contribution in [3.05, 3.63) is 40.9 Å². The summed E-state index contributed by atoms with van der Waals surface area (Å²) < 4.78 is 5.16. The summed E-state index contributed by atoms with van der Waals surface area (Å²) in [4.78, 5) is 39.8. The Morgan fingerprint density at radius 2 is 2.08 bits per heavy atom. The van der Waals surface area contributed by atoms with E-state index >= 15 is 0 Å². The molecule has 26 heavy (non-hydrogen) atoms. The van der Waals surface area contributed by atoms with Crippen molar-refractivity contribution < 1.29 is 19.1 Å². The number of carbonyl (C=O) groups excluding carboxylic acids is 3. The topological polar surface area (TPSA) is 123 Å². The molecule has 0 aromatic carbocycles. The number of nitrogens with zero attached hydrogens (tertiary/aromatic N) is 1. The van der Waals surface area contributed by atoms with Gasteiger partial charge in [-0.25, -0.2) is 9.78 Å². The average Bonchev–Trinajstić information content (AvgIpc) is 3.30. The van der Waals surface area contributed by atoms with E-state index in [0.717, 1.165) is 24.2 Å². The highest BCUT2D eigenvalue weighted by molar-refractivity contribution is 7.14. The van der Waals surface area contributed by atoms with Gasteiger partial charge in [-0.15, -0.1) is 11.3 Å². The zero-order valence-corrected chi connectivity index (χ0v) is 14.8. The smallest absolute Gasteiger partial charge is 0.340 e. The number of pyridine rings is 1. The third-order valence-corrected chi connectivity index (χ3v) is 4.58. The van der Waals surface area contributed by atoms with Crippen LogP contribution in [0.1, 0.15) is 40.5 Å². The number of thiophene rings is 1. The van der Waals surface area contributed by atoms with Gasteiger partial charge in [-0.05, 0) is 43.3 Å². The van der Waals surface area contributed by atoms with Gasteiger partial charge < -0.3 is 21.1 Å². The van der Waals surface area contributed by atoms with Crippen molar-refractivity contribution in [2.75, 3.05) is 10.6 Å². The molecule has 0 aliphatic heterocycles. The van der Waals surface area contributed by atoms with Crippen LogP contribution in [0.2, 0.25) is 0 Å². The molecule has 3 rings (SSSR count). The number of carbonyl (C=O) groups is 3. The largest absolute Gasteiger partial charge is 0.449 e. The van der Waals surface area contributed by atoms with Gasteiger partial charge in [-0.1, -0.05) is 0 Å². The highest BCUT2D eigenvalue weighted by Crippen LogP contribution is 2.24. The molecule has 1 unspecified atom stereocenters. The van der Waals surface area contributed by atoms with Gasteiger partial charge in [0.05, 0.1) is 11.1 Å². The van der Waals surface area contributed by atoms with Gasteiger partial charge in [0, 0.05) is 12.2 Å². The summed E-state index contributed by atoms with van der Waals surface area (Å²) in [5.41, 5.74) is 5.70. The summed E-state index contributed by atoms with van der Waals surface area (Å²) in [6.45, 7) is 1.45. The third kappa shape index (κ3) is 4.37. The van der Waals surface area contributed by atoms with Crippen LogP contribution in [-0.4, -0.2) is 34.9 Å². The number of rotatable bonds is 7. The van der Waals surface area contributed by atoms with Crippen LogP contribution in [0.3, 0.4) is 0 Å². The van der Waals surface area contributed by atoms with Crippen LogP contribution in [0.25, 0.3) is 0 Å². The molecule has 8 nitrogen and oxygen atoms in total. The number of nitrogens with one attached hydrogen (secondary N) is 2. The number of hydrogen-bond acceptors (Lipinski definition) is 7. The number of primary amides is 1. The van der Waals surface area contributed by atoms with Crippen LogP contribution in [0.4, 0.5) is 10.8 Å². The molecule has 0 radical (unpaired) electrons. The van der Waals surface area contributed by atoms with Gasteiger partial charge in [0.1, 0.15) is 10.8 Å². The molecule has 2 heterocycles. The molecule has 1 aliphatic rings. The van der Waals surface area contributed by atoms with E-state index in [0.29, 0.717) is 16.9 Å². The first-order chi connectivity index (χ1) is 12.4. The Hall–Kier alpha value is -2.94. The van der Waals surface area contributed by atoms with Crippen molar-refractivity contribution in [2.45, 2.75) is 31.9 Å². The molecular weight excluding hydrogens is 356 g/mol. The van der Waals surface area contributed by atoms with Gasteiger partial charge in [0.2, 0.25) is 0 Å². The standard InChI is InChI=1S/C17H18N4O4S/c1-9(15(23)21-16-12(14(18)22)6-7-26-16)25-17(24)10-2-5-13(19-8-10)20-11-3-4-11/h2,5-9,11H,3-4H2,1H3,(H2,18,22)(H,19,20)(H,21,23). The van der Waals surface area contributed by atoms with Crippen molar-refractivity contribution in [3.8, 4) is 0 Å². The minimum Gasteiger partial charge on any atom is -0.449 e. The zero-order valence-electron chi connectivity index (χ0n) is 14.0. The van der Waals surface area contributed by atoms with E-state index in [1.165, 1.54) is 19.2 Å². The maximum atomic E-state index is 12.2. The van der Waals surface area contributed by atoms with Gasteiger partial charge in [-0.2, -0.15) is 0 Å². The van der Waals surface area contributed by atoms with E-state index in [2.05, 4.69) is 15.6 Å². The van der Waals surface area contributed by atoms with Gasteiger partial charge in [0.15, 0.2) is 6.10 Å². The number of amides is 2. The molecule has 1 aliphatic carbocycles. The predicted octanol–water partition coefficient (Wildman–Crippen LogP) is 2.00. The monoisotopic (exact) mass is 374 g/mol. The SMILES string of the molecule is CC(OC(=O)c1ccc(NC2CC2)nc1)C(=O)Nc1sccc1C(N)=O. The normalized spacial score (nSPS) is 14.3. The fraction of sp³-hybridized carbons (Fsp3) is 0.294. The van der Waals surface area contributed by atoms with Crippen LogP contribution < -0.4 is 16.4 Å². The second-order valence-corrected chi connectivity index (χ2v) is 6.83. The van der Waals surface area contributed by atoms with Crippen LogP contribution in [0.15, 0.2) is 29.8 Å². The van der Waals surface area contributed by atoms with E-state index in [1.807, 2.05) is 0 Å². The Bertz CT molecular complexity index is 830. The Balaban J connectivity index is 1.56. The first-order valence-electron chi connectivity index (χ1n) is 8.06. The second-order valence-electron chi connectivity index (χ2n) is 5.92. The molecule has 4 N–H and O–H groups in total. The van der Waals surface area contributed by atoms with Gasteiger partial charge in [0.25, 0.3) is 11.8 Å². The van der Waals surface area contributed by atoms with E-state index in [4.69, 9.17) is 10.5 Å². The third-order valence-electron chi connectivity index (χ3n) is 3.75. The number of esters is 1.